The lowest BCUT2D eigenvalue weighted by Crippen LogP contribution is -2.42. The fraction of sp³-hybridized carbons (Fsp3) is 0.250. The van der Waals surface area contributed by atoms with E-state index in [1.807, 2.05) is 48.5 Å². The van der Waals surface area contributed by atoms with Crippen LogP contribution in [-0.2, 0) is 9.53 Å². The van der Waals surface area contributed by atoms with Crippen molar-refractivity contribution in [2.45, 2.75) is 17.9 Å². The highest BCUT2D eigenvalue weighted by molar-refractivity contribution is 5.95. The first kappa shape index (κ1) is 21.7. The van der Waals surface area contributed by atoms with E-state index in [9.17, 15) is 19.5 Å². The number of aromatic amines is 1. The number of anilines is 1. The molecule has 1 aromatic heterocycles. The number of likely N-dealkylation sites (tertiary alicyclic amines) is 1. The third kappa shape index (κ3) is 3.77. The second kappa shape index (κ2) is 8.31. The molecule has 0 spiro atoms. The maximum atomic E-state index is 12.6. The van der Waals surface area contributed by atoms with Gasteiger partial charge in [-0.05, 0) is 22.3 Å². The molecule has 1 atom stereocenters. The summed E-state index contributed by atoms with van der Waals surface area (Å²) in [5.41, 5.74) is 2.53. The molecule has 174 valence electrons. The molecule has 2 amide bonds. The van der Waals surface area contributed by atoms with Gasteiger partial charge in [-0.3, -0.25) is 15.2 Å². The monoisotopic (exact) mass is 462 g/mol. The van der Waals surface area contributed by atoms with Crippen molar-refractivity contribution in [1.82, 2.24) is 15.1 Å². The number of carbonyl (C=O) groups excluding carboxylic acids is 2. The van der Waals surface area contributed by atoms with Crippen LogP contribution in [0.4, 0.5) is 10.6 Å². The van der Waals surface area contributed by atoms with Gasteiger partial charge in [0.15, 0.2) is 11.4 Å². The Morgan fingerprint density at radius 1 is 1.12 bits per heavy atom. The minimum atomic E-state index is -1.96. The Labute approximate surface area is 194 Å². The van der Waals surface area contributed by atoms with Crippen molar-refractivity contribution < 1.29 is 29.3 Å². The molecule has 10 heteroatoms. The number of aliphatic carboxylic acids is 1. The Bertz CT molecular complexity index is 1240. The fourth-order valence-electron chi connectivity index (χ4n) is 4.55. The smallest absolute Gasteiger partial charge is 0.412 e. The molecule has 2 aliphatic rings. The number of hydrogen-bond acceptors (Lipinski definition) is 6. The summed E-state index contributed by atoms with van der Waals surface area (Å²) in [5.74, 6) is -1.89. The first-order valence-corrected chi connectivity index (χ1v) is 10.8. The van der Waals surface area contributed by atoms with Crippen LogP contribution in [0.2, 0.25) is 0 Å². The Hall–Kier alpha value is -4.18. The molecule has 1 aliphatic heterocycles. The molecule has 0 saturated carbocycles. The van der Waals surface area contributed by atoms with E-state index in [2.05, 4.69) is 15.5 Å². The third-order valence-electron chi connectivity index (χ3n) is 6.32. The summed E-state index contributed by atoms with van der Waals surface area (Å²) in [4.78, 5) is 37.4. The minimum absolute atomic E-state index is 0.0589. The number of rotatable bonds is 5. The Kier molecular flexibility index (Phi) is 5.29. The zero-order valence-electron chi connectivity index (χ0n) is 18.0. The zero-order chi connectivity index (χ0) is 23.9. The molecule has 1 unspecified atom stereocenters. The van der Waals surface area contributed by atoms with Gasteiger partial charge in [0, 0.05) is 24.9 Å². The highest BCUT2D eigenvalue weighted by Crippen LogP contribution is 2.44. The van der Waals surface area contributed by atoms with Crippen molar-refractivity contribution in [3.8, 4) is 11.1 Å². The van der Waals surface area contributed by atoms with Crippen molar-refractivity contribution in [3.05, 3.63) is 71.4 Å². The van der Waals surface area contributed by atoms with E-state index >= 15 is 0 Å². The summed E-state index contributed by atoms with van der Waals surface area (Å²) in [7, 11) is 0. The predicted octanol–water partition coefficient (Wildman–Crippen LogP) is 2.43. The molecule has 1 aliphatic carbocycles. The second-order valence-corrected chi connectivity index (χ2v) is 8.43. The van der Waals surface area contributed by atoms with Crippen molar-refractivity contribution in [2.75, 3.05) is 25.0 Å². The normalized spacial score (nSPS) is 18.9. The van der Waals surface area contributed by atoms with Crippen LogP contribution < -0.4 is 5.32 Å². The van der Waals surface area contributed by atoms with Crippen LogP contribution in [0.3, 0.4) is 0 Å². The van der Waals surface area contributed by atoms with Crippen molar-refractivity contribution in [3.63, 3.8) is 0 Å². The van der Waals surface area contributed by atoms with Gasteiger partial charge in [0.2, 0.25) is 0 Å². The lowest BCUT2D eigenvalue weighted by atomic mass is 9.98. The third-order valence-corrected chi connectivity index (χ3v) is 6.32. The lowest BCUT2D eigenvalue weighted by Gasteiger charge is -2.18. The van der Waals surface area contributed by atoms with E-state index in [1.165, 1.54) is 11.0 Å². The Morgan fingerprint density at radius 2 is 1.76 bits per heavy atom. The summed E-state index contributed by atoms with van der Waals surface area (Å²) in [6, 6.07) is 17.4. The molecular weight excluding hydrogens is 440 g/mol. The number of nitrogens with zero attached hydrogens (tertiary/aromatic N) is 2. The SMILES string of the molecule is O=C(Nc1cc(C(=O)N2CCC(O)(C(=O)O)C2)[nH]n1)OCC1c2ccccc2-c2ccccc21. The number of nitrogens with one attached hydrogen (secondary N) is 2. The number of fused-ring (bicyclic) bond motifs is 3. The number of ether oxygens (including phenoxy) is 1. The van der Waals surface area contributed by atoms with Gasteiger partial charge >= 0.3 is 12.1 Å². The first-order valence-electron chi connectivity index (χ1n) is 10.8. The molecule has 1 saturated heterocycles. The first-order chi connectivity index (χ1) is 16.4. The van der Waals surface area contributed by atoms with E-state index in [1.54, 1.807) is 0 Å². The molecule has 34 heavy (non-hydrogen) atoms. The Morgan fingerprint density at radius 3 is 2.38 bits per heavy atom. The molecule has 0 radical (unpaired) electrons. The van der Waals surface area contributed by atoms with Crippen LogP contribution >= 0.6 is 0 Å². The van der Waals surface area contributed by atoms with E-state index in [0.29, 0.717) is 0 Å². The molecule has 0 bridgehead atoms. The lowest BCUT2D eigenvalue weighted by molar-refractivity contribution is -0.156. The van der Waals surface area contributed by atoms with Gasteiger partial charge in [-0.25, -0.2) is 9.59 Å². The van der Waals surface area contributed by atoms with Crippen molar-refractivity contribution in [2.24, 2.45) is 0 Å². The standard InChI is InChI=1S/C24H22N4O6/c29-21(28-10-9-24(33,13-28)22(30)31)19-11-20(27-26-19)25-23(32)34-12-18-16-7-3-1-5-14(16)15-6-2-4-8-17(15)18/h1-8,11,18,33H,9-10,12-13H2,(H,30,31)(H2,25,26,27,32). The minimum Gasteiger partial charge on any atom is -0.479 e. The number of carbonyl (C=O) groups is 3. The quantitative estimate of drug-likeness (QED) is 0.456. The van der Waals surface area contributed by atoms with Crippen LogP contribution in [0, 0.1) is 0 Å². The molecule has 2 aromatic carbocycles. The van der Waals surface area contributed by atoms with Crippen LogP contribution in [0.25, 0.3) is 11.1 Å². The molecule has 3 aromatic rings. The van der Waals surface area contributed by atoms with E-state index in [-0.39, 0.29) is 43.5 Å². The Balaban J connectivity index is 1.21. The largest absolute Gasteiger partial charge is 0.479 e. The summed E-state index contributed by atoms with van der Waals surface area (Å²) < 4.78 is 5.47. The highest BCUT2D eigenvalue weighted by atomic mass is 16.5. The molecule has 1 fully saturated rings. The average molecular weight is 462 g/mol. The maximum absolute atomic E-state index is 12.6. The molecule has 4 N–H and O–H groups in total. The number of amides is 2. The molecular formula is C24H22N4O6. The van der Waals surface area contributed by atoms with Crippen molar-refractivity contribution in [1.29, 1.82) is 0 Å². The van der Waals surface area contributed by atoms with Crippen LogP contribution in [-0.4, -0.2) is 68.6 Å². The number of β-amino-alcohol motifs (C(OH)–C–C–N with tert-alkyl or cyclic N) is 1. The summed E-state index contributed by atoms with van der Waals surface area (Å²) in [6.45, 7) is -0.0945. The van der Waals surface area contributed by atoms with Crippen LogP contribution in [0.15, 0.2) is 54.6 Å². The zero-order valence-corrected chi connectivity index (χ0v) is 18.0. The molecule has 10 nitrogen and oxygen atoms in total. The summed E-state index contributed by atoms with van der Waals surface area (Å²) in [5, 5.41) is 28.1. The van der Waals surface area contributed by atoms with Crippen LogP contribution in [0.5, 0.6) is 0 Å². The van der Waals surface area contributed by atoms with Crippen LogP contribution in [0.1, 0.15) is 34.0 Å². The fourth-order valence-corrected chi connectivity index (χ4v) is 4.55. The van der Waals surface area contributed by atoms with Gasteiger partial charge in [-0.15, -0.1) is 0 Å². The second-order valence-electron chi connectivity index (χ2n) is 8.43. The topological polar surface area (TPSA) is 145 Å². The van der Waals surface area contributed by atoms with Crippen molar-refractivity contribution >= 4 is 23.8 Å². The van der Waals surface area contributed by atoms with Gasteiger partial charge in [-0.1, -0.05) is 48.5 Å². The van der Waals surface area contributed by atoms with E-state index in [0.717, 1.165) is 22.3 Å². The predicted molar refractivity (Wildman–Crippen MR) is 120 cm³/mol. The molecule has 2 heterocycles. The molecule has 5 rings (SSSR count). The van der Waals surface area contributed by atoms with E-state index in [4.69, 9.17) is 9.84 Å². The van der Waals surface area contributed by atoms with Gasteiger partial charge < -0.3 is 19.8 Å². The average Bonchev–Trinajstić information content (AvgIpc) is 3.54. The number of hydrogen-bond donors (Lipinski definition) is 4. The van der Waals surface area contributed by atoms with Gasteiger partial charge in [0.25, 0.3) is 5.91 Å². The maximum Gasteiger partial charge on any atom is 0.412 e. The van der Waals surface area contributed by atoms with Gasteiger partial charge in [-0.2, -0.15) is 5.10 Å². The number of benzene rings is 2. The highest BCUT2D eigenvalue weighted by Gasteiger charge is 2.45. The summed E-state index contributed by atoms with van der Waals surface area (Å²) in [6.07, 6.45) is -0.777. The summed E-state index contributed by atoms with van der Waals surface area (Å²) >= 11 is 0. The number of carboxylic acid groups (broad SMARTS) is 1. The number of H-pyrrole nitrogens is 1. The number of aromatic nitrogens is 2. The number of aliphatic hydroxyl groups is 1. The van der Waals surface area contributed by atoms with Gasteiger partial charge in [0.05, 0.1) is 6.54 Å². The van der Waals surface area contributed by atoms with E-state index < -0.39 is 23.6 Å². The number of carboxylic acids is 1. The van der Waals surface area contributed by atoms with Gasteiger partial charge in [0.1, 0.15) is 12.3 Å².